The highest BCUT2D eigenvalue weighted by Gasteiger charge is 2.14. The number of rotatable bonds is 4. The maximum absolute atomic E-state index is 12.1. The van der Waals surface area contributed by atoms with E-state index in [9.17, 15) is 14.9 Å². The van der Waals surface area contributed by atoms with E-state index in [2.05, 4.69) is 16.9 Å². The minimum atomic E-state index is -0.509. The summed E-state index contributed by atoms with van der Waals surface area (Å²) < 4.78 is 0. The molecular weight excluding hydrogens is 270 g/mol. The predicted octanol–water partition coefficient (Wildman–Crippen LogP) is 2.95. The first-order chi connectivity index (χ1) is 9.99. The van der Waals surface area contributed by atoms with Crippen LogP contribution in [0.2, 0.25) is 0 Å². The summed E-state index contributed by atoms with van der Waals surface area (Å²) in [4.78, 5) is 26.3. The van der Waals surface area contributed by atoms with Crippen LogP contribution in [-0.4, -0.2) is 15.8 Å². The summed E-state index contributed by atoms with van der Waals surface area (Å²) in [5.74, 6) is -0.424. The van der Waals surface area contributed by atoms with Gasteiger partial charge in [-0.05, 0) is 18.6 Å². The minimum absolute atomic E-state index is 0.0807. The molecule has 0 saturated heterocycles. The van der Waals surface area contributed by atoms with Crippen molar-refractivity contribution in [1.82, 2.24) is 4.98 Å². The summed E-state index contributed by atoms with van der Waals surface area (Å²) in [6, 6.07) is 7.72. The van der Waals surface area contributed by atoms with E-state index in [1.54, 1.807) is 31.3 Å². The Morgan fingerprint density at radius 3 is 2.76 bits per heavy atom. The van der Waals surface area contributed by atoms with Crippen LogP contribution in [0.1, 0.15) is 11.1 Å². The standard InChI is InChI=1S/C15H13N3O3/c1-10-5-6-13(18(20)21)8-14(10)17-15(19)11(2)12-4-3-7-16-9-12/h3-9H,2H2,1H3,(H,17,19). The van der Waals surface area contributed by atoms with E-state index < -0.39 is 10.8 Å². The van der Waals surface area contributed by atoms with Gasteiger partial charge in [0.2, 0.25) is 0 Å². The van der Waals surface area contributed by atoms with E-state index >= 15 is 0 Å². The molecule has 21 heavy (non-hydrogen) atoms. The predicted molar refractivity (Wildman–Crippen MR) is 79.7 cm³/mol. The second-order valence-electron chi connectivity index (χ2n) is 4.43. The average molecular weight is 283 g/mol. The number of carbonyl (C=O) groups is 1. The van der Waals surface area contributed by atoms with Crippen LogP contribution in [-0.2, 0) is 4.79 Å². The Kier molecular flexibility index (Phi) is 4.08. The molecule has 0 atom stereocenters. The van der Waals surface area contributed by atoms with Crippen LogP contribution < -0.4 is 5.32 Å². The summed E-state index contributed by atoms with van der Waals surface area (Å²) in [6.07, 6.45) is 3.13. The fourth-order valence-corrected chi connectivity index (χ4v) is 1.73. The number of anilines is 1. The van der Waals surface area contributed by atoms with Crippen LogP contribution in [0.25, 0.3) is 5.57 Å². The summed E-state index contributed by atoms with van der Waals surface area (Å²) in [5.41, 5.74) is 1.88. The van der Waals surface area contributed by atoms with Crippen LogP contribution in [0.4, 0.5) is 11.4 Å². The lowest BCUT2D eigenvalue weighted by atomic mass is 10.1. The Morgan fingerprint density at radius 1 is 1.38 bits per heavy atom. The van der Waals surface area contributed by atoms with Gasteiger partial charge in [0.05, 0.1) is 10.6 Å². The van der Waals surface area contributed by atoms with E-state index in [1.807, 2.05) is 0 Å². The average Bonchev–Trinajstić information content (AvgIpc) is 2.49. The zero-order valence-electron chi connectivity index (χ0n) is 11.4. The molecule has 0 aliphatic rings. The summed E-state index contributed by atoms with van der Waals surface area (Å²) in [7, 11) is 0. The fourth-order valence-electron chi connectivity index (χ4n) is 1.73. The van der Waals surface area contributed by atoms with Crippen LogP contribution in [0.3, 0.4) is 0 Å². The van der Waals surface area contributed by atoms with Crippen molar-refractivity contribution >= 4 is 22.9 Å². The molecule has 2 rings (SSSR count). The molecule has 6 heteroatoms. The van der Waals surface area contributed by atoms with Gasteiger partial charge in [-0.3, -0.25) is 19.9 Å². The first kappa shape index (κ1) is 14.4. The molecule has 1 heterocycles. The number of benzene rings is 1. The van der Waals surface area contributed by atoms with Gasteiger partial charge in [-0.1, -0.05) is 18.7 Å². The number of nitro benzene ring substituents is 1. The molecule has 0 aliphatic heterocycles. The highest BCUT2D eigenvalue weighted by molar-refractivity contribution is 6.24. The largest absolute Gasteiger partial charge is 0.321 e. The lowest BCUT2D eigenvalue weighted by Gasteiger charge is -2.10. The van der Waals surface area contributed by atoms with Crippen LogP contribution in [0, 0.1) is 17.0 Å². The third-order valence-electron chi connectivity index (χ3n) is 2.96. The molecular formula is C15H13N3O3. The number of hydrogen-bond donors (Lipinski definition) is 1. The number of amides is 1. The van der Waals surface area contributed by atoms with E-state index in [-0.39, 0.29) is 11.3 Å². The maximum Gasteiger partial charge on any atom is 0.271 e. The molecule has 0 saturated carbocycles. The number of hydrogen-bond acceptors (Lipinski definition) is 4. The highest BCUT2D eigenvalue weighted by atomic mass is 16.6. The van der Waals surface area contributed by atoms with Gasteiger partial charge in [-0.25, -0.2) is 0 Å². The number of aromatic nitrogens is 1. The van der Waals surface area contributed by atoms with E-state index in [4.69, 9.17) is 0 Å². The fraction of sp³-hybridized carbons (Fsp3) is 0.0667. The molecule has 0 aliphatic carbocycles. The number of nitro groups is 1. The van der Waals surface area contributed by atoms with Crippen molar-refractivity contribution in [2.45, 2.75) is 6.92 Å². The third kappa shape index (κ3) is 3.30. The van der Waals surface area contributed by atoms with Crippen molar-refractivity contribution in [1.29, 1.82) is 0 Å². The minimum Gasteiger partial charge on any atom is -0.321 e. The molecule has 1 aromatic heterocycles. The molecule has 0 fully saturated rings. The van der Waals surface area contributed by atoms with Crippen molar-refractivity contribution in [2.75, 3.05) is 5.32 Å². The third-order valence-corrected chi connectivity index (χ3v) is 2.96. The number of pyridine rings is 1. The van der Waals surface area contributed by atoms with Crippen molar-refractivity contribution in [2.24, 2.45) is 0 Å². The molecule has 1 amide bonds. The maximum atomic E-state index is 12.1. The van der Waals surface area contributed by atoms with Crippen LogP contribution >= 0.6 is 0 Å². The number of carbonyl (C=O) groups excluding carboxylic acids is 1. The van der Waals surface area contributed by atoms with Crippen molar-refractivity contribution in [3.05, 3.63) is 70.5 Å². The number of non-ortho nitro benzene ring substituents is 1. The Labute approximate surface area is 121 Å². The molecule has 0 spiro atoms. The Balaban J connectivity index is 2.22. The molecule has 0 unspecified atom stereocenters. The van der Waals surface area contributed by atoms with Gasteiger partial charge in [-0.2, -0.15) is 0 Å². The zero-order chi connectivity index (χ0) is 15.4. The topological polar surface area (TPSA) is 85.1 Å². The number of nitrogens with one attached hydrogen (secondary N) is 1. The van der Waals surface area contributed by atoms with E-state index in [1.165, 1.54) is 18.3 Å². The summed E-state index contributed by atoms with van der Waals surface area (Å²) in [5, 5.41) is 13.4. The van der Waals surface area contributed by atoms with Gasteiger partial charge in [0.25, 0.3) is 11.6 Å². The molecule has 1 N–H and O–H groups in total. The van der Waals surface area contributed by atoms with Crippen molar-refractivity contribution < 1.29 is 9.72 Å². The van der Waals surface area contributed by atoms with Gasteiger partial charge in [0.15, 0.2) is 0 Å². The molecule has 2 aromatic rings. The second-order valence-corrected chi connectivity index (χ2v) is 4.43. The molecule has 0 radical (unpaired) electrons. The quantitative estimate of drug-likeness (QED) is 0.531. The molecule has 106 valence electrons. The molecule has 6 nitrogen and oxygen atoms in total. The second kappa shape index (κ2) is 5.96. The van der Waals surface area contributed by atoms with Gasteiger partial charge in [0, 0.05) is 35.7 Å². The Hall–Kier alpha value is -3.02. The van der Waals surface area contributed by atoms with Crippen molar-refractivity contribution in [3.8, 4) is 0 Å². The monoisotopic (exact) mass is 283 g/mol. The number of nitrogens with zero attached hydrogens (tertiary/aromatic N) is 2. The lowest BCUT2D eigenvalue weighted by molar-refractivity contribution is -0.384. The van der Waals surface area contributed by atoms with Gasteiger partial charge in [0.1, 0.15) is 0 Å². The van der Waals surface area contributed by atoms with Crippen LogP contribution in [0.15, 0.2) is 49.3 Å². The van der Waals surface area contributed by atoms with Crippen molar-refractivity contribution in [3.63, 3.8) is 0 Å². The van der Waals surface area contributed by atoms with Gasteiger partial charge in [-0.15, -0.1) is 0 Å². The van der Waals surface area contributed by atoms with Gasteiger partial charge >= 0.3 is 0 Å². The number of aryl methyl sites for hydroxylation is 1. The van der Waals surface area contributed by atoms with Gasteiger partial charge < -0.3 is 5.32 Å². The van der Waals surface area contributed by atoms with E-state index in [0.717, 1.165) is 5.56 Å². The molecule has 0 bridgehead atoms. The van der Waals surface area contributed by atoms with Crippen LogP contribution in [0.5, 0.6) is 0 Å². The zero-order valence-corrected chi connectivity index (χ0v) is 11.4. The molecule has 1 aromatic carbocycles. The Morgan fingerprint density at radius 2 is 2.14 bits per heavy atom. The summed E-state index contributed by atoms with van der Waals surface area (Å²) in [6.45, 7) is 5.48. The SMILES string of the molecule is C=C(C(=O)Nc1cc([N+](=O)[O-])ccc1C)c1cccnc1. The first-order valence-corrected chi connectivity index (χ1v) is 6.14. The smallest absolute Gasteiger partial charge is 0.271 e. The normalized spacial score (nSPS) is 9.95. The van der Waals surface area contributed by atoms with E-state index in [0.29, 0.717) is 11.3 Å². The Bertz CT molecular complexity index is 711. The first-order valence-electron chi connectivity index (χ1n) is 6.14. The lowest BCUT2D eigenvalue weighted by Crippen LogP contribution is -2.14. The summed E-state index contributed by atoms with van der Waals surface area (Å²) >= 11 is 0. The highest BCUT2D eigenvalue weighted by Crippen LogP contribution is 2.23.